The highest BCUT2D eigenvalue weighted by Gasteiger charge is 1.87. The van der Waals surface area contributed by atoms with Crippen LogP contribution in [0.1, 0.15) is 39.5 Å². The van der Waals surface area contributed by atoms with Crippen LogP contribution in [-0.4, -0.2) is 0 Å². The zero-order valence-corrected chi connectivity index (χ0v) is 8.34. The van der Waals surface area contributed by atoms with Gasteiger partial charge in [-0.2, -0.15) is 0 Å². The van der Waals surface area contributed by atoms with Crippen molar-refractivity contribution in [2.24, 2.45) is 0 Å². The Morgan fingerprint density at radius 1 is 1.17 bits per heavy atom. The van der Waals surface area contributed by atoms with Crippen LogP contribution in [0.25, 0.3) is 0 Å². The van der Waals surface area contributed by atoms with Gasteiger partial charge in [0.05, 0.1) is 0 Å². The number of unbranched alkanes of at least 4 members (excludes halogenated alkanes) is 1. The molecule has 0 radical (unpaired) electrons. The number of hydrogen-bond donors (Lipinski definition) is 0. The van der Waals surface area contributed by atoms with Crippen molar-refractivity contribution >= 4 is 0 Å². The lowest BCUT2D eigenvalue weighted by molar-refractivity contribution is 0.934. The van der Waals surface area contributed by atoms with Gasteiger partial charge >= 0.3 is 0 Å². The summed E-state index contributed by atoms with van der Waals surface area (Å²) in [6, 6.07) is 0. The molecule has 0 saturated carbocycles. The van der Waals surface area contributed by atoms with Crippen molar-refractivity contribution in [1.29, 1.82) is 0 Å². The van der Waals surface area contributed by atoms with Crippen LogP contribution in [-0.2, 0) is 0 Å². The molecule has 68 valence electrons. The van der Waals surface area contributed by atoms with Crippen molar-refractivity contribution < 1.29 is 0 Å². The molecule has 0 aromatic rings. The largest absolute Gasteiger partial charge is 0.0991 e. The Morgan fingerprint density at radius 3 is 2.33 bits per heavy atom. The zero-order valence-electron chi connectivity index (χ0n) is 8.34. The van der Waals surface area contributed by atoms with Crippen molar-refractivity contribution in [1.82, 2.24) is 0 Å². The first kappa shape index (κ1) is 11.2. The molecule has 0 heterocycles. The topological polar surface area (TPSA) is 0 Å². The summed E-state index contributed by atoms with van der Waals surface area (Å²) in [6.45, 7) is 8.06. The maximum atomic E-state index is 3.62. The van der Waals surface area contributed by atoms with Crippen LogP contribution in [0.15, 0.2) is 36.5 Å². The third-order valence-electron chi connectivity index (χ3n) is 1.95. The van der Waals surface area contributed by atoms with Gasteiger partial charge in [-0.05, 0) is 25.7 Å². The highest BCUT2D eigenvalue weighted by Crippen LogP contribution is 2.07. The third-order valence-corrected chi connectivity index (χ3v) is 1.95. The average molecular weight is 164 g/mol. The van der Waals surface area contributed by atoms with Gasteiger partial charge in [-0.3, -0.25) is 0 Å². The molecule has 0 fully saturated rings. The second kappa shape index (κ2) is 8.32. The molecule has 0 aromatic heterocycles. The molecule has 0 N–H and O–H groups in total. The summed E-state index contributed by atoms with van der Waals surface area (Å²) >= 11 is 0. The normalized spacial score (nSPS) is 10.2. The van der Waals surface area contributed by atoms with Gasteiger partial charge in [0.1, 0.15) is 0 Å². The van der Waals surface area contributed by atoms with E-state index in [0.29, 0.717) is 0 Å². The molecule has 0 aliphatic rings. The van der Waals surface area contributed by atoms with E-state index in [1.807, 2.05) is 12.2 Å². The molecule has 0 spiro atoms. The van der Waals surface area contributed by atoms with E-state index in [2.05, 4.69) is 32.6 Å². The predicted molar refractivity (Wildman–Crippen MR) is 57.2 cm³/mol. The molecular weight excluding hydrogens is 144 g/mol. The molecule has 0 saturated heterocycles. The lowest BCUT2D eigenvalue weighted by atomic mass is 10.1. The number of hydrogen-bond acceptors (Lipinski definition) is 0. The third kappa shape index (κ3) is 5.96. The molecule has 0 aliphatic carbocycles. The molecule has 0 aromatic carbocycles. The molecule has 12 heavy (non-hydrogen) atoms. The molecule has 0 aliphatic heterocycles. The fourth-order valence-electron chi connectivity index (χ4n) is 1.11. The first-order valence-corrected chi connectivity index (χ1v) is 4.80. The fourth-order valence-corrected chi connectivity index (χ4v) is 1.11. The second-order valence-corrected chi connectivity index (χ2v) is 2.81. The molecular formula is C12H20. The average Bonchev–Trinajstić information content (AvgIpc) is 2.11. The summed E-state index contributed by atoms with van der Waals surface area (Å²) in [7, 11) is 0. The summed E-state index contributed by atoms with van der Waals surface area (Å²) in [5.41, 5.74) is 1.57. The lowest BCUT2D eigenvalue weighted by Gasteiger charge is -1.97. The monoisotopic (exact) mass is 164 g/mol. The minimum absolute atomic E-state index is 1.13. The van der Waals surface area contributed by atoms with Crippen LogP contribution in [0.3, 0.4) is 0 Å². The zero-order chi connectivity index (χ0) is 9.23. The molecule has 0 atom stereocenters. The van der Waals surface area contributed by atoms with Crippen molar-refractivity contribution in [3.8, 4) is 0 Å². The molecule has 0 amide bonds. The van der Waals surface area contributed by atoms with E-state index >= 15 is 0 Å². The Bertz CT molecular complexity index is 155. The quantitative estimate of drug-likeness (QED) is 0.313. The smallest absolute Gasteiger partial charge is 0.0313 e. The number of allylic oxidation sites excluding steroid dienone is 5. The van der Waals surface area contributed by atoms with Crippen LogP contribution in [0.4, 0.5) is 0 Å². The van der Waals surface area contributed by atoms with E-state index in [-0.39, 0.29) is 0 Å². The van der Waals surface area contributed by atoms with Gasteiger partial charge in [0, 0.05) is 0 Å². The summed E-state index contributed by atoms with van der Waals surface area (Å²) in [5.74, 6) is 0. The van der Waals surface area contributed by atoms with Gasteiger partial charge in [0.25, 0.3) is 0 Å². The highest BCUT2D eigenvalue weighted by atomic mass is 13.9. The molecule has 0 rings (SSSR count). The standard InChI is InChI=1S/C12H20/c1-4-7-8-9-10-11-12(5-2)6-3/h4,7-8,11H,1,5-6,9-10H2,2-3H3. The first-order valence-electron chi connectivity index (χ1n) is 4.80. The Kier molecular flexibility index (Phi) is 7.78. The molecule has 0 nitrogen and oxygen atoms in total. The Balaban J connectivity index is 3.57. The maximum absolute atomic E-state index is 3.62. The SMILES string of the molecule is C=CC=CCCC=C(CC)CC. The van der Waals surface area contributed by atoms with Gasteiger partial charge in [0.2, 0.25) is 0 Å². The van der Waals surface area contributed by atoms with Crippen LogP contribution in [0, 0.1) is 0 Å². The van der Waals surface area contributed by atoms with E-state index in [4.69, 9.17) is 0 Å². The van der Waals surface area contributed by atoms with Crippen molar-refractivity contribution in [2.75, 3.05) is 0 Å². The summed E-state index contributed by atoms with van der Waals surface area (Å²) < 4.78 is 0. The molecule has 0 unspecified atom stereocenters. The Morgan fingerprint density at radius 2 is 1.83 bits per heavy atom. The summed E-state index contributed by atoms with van der Waals surface area (Å²) in [5, 5.41) is 0. The van der Waals surface area contributed by atoms with Gasteiger partial charge in [-0.1, -0.05) is 50.3 Å². The lowest BCUT2D eigenvalue weighted by Crippen LogP contribution is -1.77. The minimum atomic E-state index is 1.13. The van der Waals surface area contributed by atoms with E-state index in [0.717, 1.165) is 6.42 Å². The highest BCUT2D eigenvalue weighted by molar-refractivity contribution is 5.02. The van der Waals surface area contributed by atoms with E-state index in [1.54, 1.807) is 5.57 Å². The number of rotatable bonds is 6. The van der Waals surface area contributed by atoms with Crippen LogP contribution >= 0.6 is 0 Å². The van der Waals surface area contributed by atoms with Crippen LogP contribution in [0.5, 0.6) is 0 Å². The van der Waals surface area contributed by atoms with Crippen molar-refractivity contribution in [2.45, 2.75) is 39.5 Å². The van der Waals surface area contributed by atoms with Gasteiger partial charge in [-0.25, -0.2) is 0 Å². The molecule has 0 bridgehead atoms. The van der Waals surface area contributed by atoms with E-state index < -0.39 is 0 Å². The summed E-state index contributed by atoms with van der Waals surface area (Å²) in [4.78, 5) is 0. The first-order chi connectivity index (χ1) is 5.85. The minimum Gasteiger partial charge on any atom is -0.0991 e. The van der Waals surface area contributed by atoms with Crippen LogP contribution < -0.4 is 0 Å². The van der Waals surface area contributed by atoms with E-state index in [9.17, 15) is 0 Å². The van der Waals surface area contributed by atoms with Gasteiger partial charge in [0.15, 0.2) is 0 Å². The predicted octanol–water partition coefficient (Wildman–Crippen LogP) is 4.26. The van der Waals surface area contributed by atoms with Crippen LogP contribution in [0.2, 0.25) is 0 Å². The maximum Gasteiger partial charge on any atom is -0.0313 e. The summed E-state index contributed by atoms with van der Waals surface area (Å²) in [6.07, 6.45) is 13.0. The fraction of sp³-hybridized carbons (Fsp3) is 0.500. The Labute approximate surface area is 76.7 Å². The van der Waals surface area contributed by atoms with Crippen molar-refractivity contribution in [3.63, 3.8) is 0 Å². The van der Waals surface area contributed by atoms with E-state index in [1.165, 1.54) is 19.3 Å². The Hall–Kier alpha value is -0.780. The molecule has 0 heteroatoms. The second-order valence-electron chi connectivity index (χ2n) is 2.81. The van der Waals surface area contributed by atoms with Crippen molar-refractivity contribution in [3.05, 3.63) is 36.5 Å². The van der Waals surface area contributed by atoms with Gasteiger partial charge in [-0.15, -0.1) is 0 Å². The van der Waals surface area contributed by atoms with Gasteiger partial charge < -0.3 is 0 Å².